The number of benzene rings is 1. The first-order valence-corrected chi connectivity index (χ1v) is 6.39. The van der Waals surface area contributed by atoms with Crippen LogP contribution in [0.2, 0.25) is 5.02 Å². The lowest BCUT2D eigenvalue weighted by Gasteiger charge is -2.31. The van der Waals surface area contributed by atoms with Gasteiger partial charge >= 0.3 is 0 Å². The second kappa shape index (κ2) is 5.83. The Morgan fingerprint density at radius 3 is 2.53 bits per heavy atom. The summed E-state index contributed by atoms with van der Waals surface area (Å²) in [6.45, 7) is 9.41. The van der Waals surface area contributed by atoms with Crippen molar-refractivity contribution in [2.24, 2.45) is 5.41 Å². The zero-order valence-electron chi connectivity index (χ0n) is 11.0. The Hall–Kier alpha value is -0.600. The van der Waals surface area contributed by atoms with Gasteiger partial charge in [0.25, 0.3) is 0 Å². The van der Waals surface area contributed by atoms with Crippen LogP contribution < -0.4 is 5.32 Å². The highest BCUT2D eigenvalue weighted by atomic mass is 35.5. The summed E-state index contributed by atoms with van der Waals surface area (Å²) in [5.74, 6) is -0.179. The van der Waals surface area contributed by atoms with Crippen LogP contribution in [0.3, 0.4) is 0 Å². The molecule has 0 heterocycles. The lowest BCUT2D eigenvalue weighted by molar-refractivity contribution is 0.268. The summed E-state index contributed by atoms with van der Waals surface area (Å²) in [7, 11) is 0. The molecule has 17 heavy (non-hydrogen) atoms. The van der Waals surface area contributed by atoms with Gasteiger partial charge in [-0.05, 0) is 42.1 Å². The van der Waals surface area contributed by atoms with Crippen LogP contribution >= 0.6 is 11.6 Å². The van der Waals surface area contributed by atoms with Gasteiger partial charge in [-0.2, -0.15) is 0 Å². The summed E-state index contributed by atoms with van der Waals surface area (Å²) in [4.78, 5) is 0. The molecule has 0 aliphatic heterocycles. The Morgan fingerprint density at radius 1 is 1.35 bits per heavy atom. The summed E-state index contributed by atoms with van der Waals surface area (Å²) < 4.78 is 13.7. The zero-order valence-corrected chi connectivity index (χ0v) is 11.7. The van der Waals surface area contributed by atoms with Gasteiger partial charge in [0, 0.05) is 11.1 Å². The van der Waals surface area contributed by atoms with Gasteiger partial charge in [0.15, 0.2) is 0 Å². The second-order valence-corrected chi connectivity index (χ2v) is 5.85. The van der Waals surface area contributed by atoms with Gasteiger partial charge in [-0.25, -0.2) is 4.39 Å². The van der Waals surface area contributed by atoms with Gasteiger partial charge in [0.2, 0.25) is 0 Å². The van der Waals surface area contributed by atoms with Crippen LogP contribution in [0.5, 0.6) is 0 Å². The van der Waals surface area contributed by atoms with Crippen molar-refractivity contribution < 1.29 is 4.39 Å². The van der Waals surface area contributed by atoms with Crippen LogP contribution in [0.25, 0.3) is 0 Å². The van der Waals surface area contributed by atoms with E-state index >= 15 is 0 Å². The fourth-order valence-corrected chi connectivity index (χ4v) is 2.05. The van der Waals surface area contributed by atoms with E-state index in [0.29, 0.717) is 17.0 Å². The van der Waals surface area contributed by atoms with Gasteiger partial charge < -0.3 is 5.32 Å². The van der Waals surface area contributed by atoms with Crippen molar-refractivity contribution in [2.75, 3.05) is 6.54 Å². The molecule has 1 nitrogen and oxygen atoms in total. The molecule has 3 heteroatoms. The number of nitrogens with one attached hydrogen (secondary N) is 1. The zero-order chi connectivity index (χ0) is 13.1. The minimum atomic E-state index is -0.179. The Balaban J connectivity index is 2.89. The Kier molecular flexibility index (Phi) is 4.96. The molecule has 0 aliphatic carbocycles. The quantitative estimate of drug-likeness (QED) is 0.858. The first-order chi connectivity index (χ1) is 7.84. The molecular weight excluding hydrogens is 237 g/mol. The Morgan fingerprint density at radius 2 is 2.00 bits per heavy atom. The normalized spacial score (nSPS) is 13.8. The number of rotatable bonds is 4. The maximum Gasteiger partial charge on any atom is 0.126 e. The van der Waals surface area contributed by atoms with E-state index in [4.69, 9.17) is 11.6 Å². The summed E-state index contributed by atoms with van der Waals surface area (Å²) in [5.41, 5.74) is 0.767. The minimum Gasteiger partial charge on any atom is -0.313 e. The van der Waals surface area contributed by atoms with Crippen molar-refractivity contribution in [1.82, 2.24) is 5.32 Å². The summed E-state index contributed by atoms with van der Waals surface area (Å²) >= 11 is 5.90. The average Bonchev–Trinajstić information content (AvgIpc) is 2.21. The molecule has 1 unspecified atom stereocenters. The van der Waals surface area contributed by atoms with Crippen molar-refractivity contribution in [3.8, 4) is 0 Å². The SMILES string of the molecule is CCNC(Cc1cc(Cl)ccc1F)C(C)(C)C. The molecule has 0 spiro atoms. The summed E-state index contributed by atoms with van der Waals surface area (Å²) in [5, 5.41) is 4.00. The summed E-state index contributed by atoms with van der Waals surface area (Å²) in [6, 6.07) is 4.97. The fraction of sp³-hybridized carbons (Fsp3) is 0.571. The molecule has 0 bridgehead atoms. The maximum absolute atomic E-state index is 13.7. The third-order valence-corrected chi connectivity index (χ3v) is 3.16. The topological polar surface area (TPSA) is 12.0 Å². The second-order valence-electron chi connectivity index (χ2n) is 5.42. The van der Waals surface area contributed by atoms with Gasteiger partial charge in [-0.15, -0.1) is 0 Å². The number of hydrogen-bond donors (Lipinski definition) is 1. The van der Waals surface area contributed by atoms with E-state index in [2.05, 4.69) is 33.0 Å². The predicted molar refractivity (Wildman–Crippen MR) is 72.0 cm³/mol. The van der Waals surface area contributed by atoms with Crippen LogP contribution in [-0.2, 0) is 6.42 Å². The molecule has 0 aliphatic rings. The molecule has 1 aromatic carbocycles. The number of halogens is 2. The first-order valence-electron chi connectivity index (χ1n) is 6.02. The van der Waals surface area contributed by atoms with Crippen LogP contribution in [0, 0.1) is 11.2 Å². The third kappa shape index (κ3) is 4.29. The smallest absolute Gasteiger partial charge is 0.126 e. The van der Waals surface area contributed by atoms with Crippen LogP contribution in [0.15, 0.2) is 18.2 Å². The lowest BCUT2D eigenvalue weighted by Crippen LogP contribution is -2.42. The van der Waals surface area contributed by atoms with Crippen molar-refractivity contribution >= 4 is 11.6 Å². The average molecular weight is 258 g/mol. The van der Waals surface area contributed by atoms with Gasteiger partial charge in [0.05, 0.1) is 0 Å². The Labute approximate surface area is 108 Å². The van der Waals surface area contributed by atoms with Gasteiger partial charge in [-0.1, -0.05) is 39.3 Å². The fourth-order valence-electron chi connectivity index (χ4n) is 1.85. The highest BCUT2D eigenvalue weighted by Crippen LogP contribution is 2.25. The van der Waals surface area contributed by atoms with E-state index in [1.165, 1.54) is 6.07 Å². The van der Waals surface area contributed by atoms with Crippen molar-refractivity contribution in [2.45, 2.75) is 40.2 Å². The Bertz CT molecular complexity index is 371. The van der Waals surface area contributed by atoms with Crippen molar-refractivity contribution in [1.29, 1.82) is 0 Å². The molecule has 0 amide bonds. The minimum absolute atomic E-state index is 0.0881. The first kappa shape index (κ1) is 14.5. The largest absolute Gasteiger partial charge is 0.313 e. The van der Waals surface area contributed by atoms with Gasteiger partial charge in [-0.3, -0.25) is 0 Å². The molecule has 0 aromatic heterocycles. The molecule has 0 saturated carbocycles. The molecule has 1 aromatic rings. The highest BCUT2D eigenvalue weighted by molar-refractivity contribution is 6.30. The van der Waals surface area contributed by atoms with E-state index in [1.54, 1.807) is 12.1 Å². The van der Waals surface area contributed by atoms with E-state index in [-0.39, 0.29) is 17.3 Å². The molecular formula is C14H21ClFN. The van der Waals surface area contributed by atoms with Crippen molar-refractivity contribution in [3.05, 3.63) is 34.6 Å². The van der Waals surface area contributed by atoms with E-state index in [1.807, 2.05) is 0 Å². The number of hydrogen-bond acceptors (Lipinski definition) is 1. The summed E-state index contributed by atoms with van der Waals surface area (Å²) in [6.07, 6.45) is 0.656. The van der Waals surface area contributed by atoms with Crippen molar-refractivity contribution in [3.63, 3.8) is 0 Å². The molecule has 1 N–H and O–H groups in total. The lowest BCUT2D eigenvalue weighted by atomic mass is 9.83. The standard InChI is InChI=1S/C14H21ClFN/c1-5-17-13(14(2,3)4)9-10-8-11(15)6-7-12(10)16/h6-8,13,17H,5,9H2,1-4H3. The van der Waals surface area contributed by atoms with Gasteiger partial charge in [0.1, 0.15) is 5.82 Å². The molecule has 1 atom stereocenters. The molecule has 0 fully saturated rings. The van der Waals surface area contributed by atoms with Crippen LogP contribution in [0.1, 0.15) is 33.3 Å². The molecule has 0 radical (unpaired) electrons. The van der Waals surface area contributed by atoms with Crippen LogP contribution in [-0.4, -0.2) is 12.6 Å². The van der Waals surface area contributed by atoms with E-state index in [0.717, 1.165) is 6.54 Å². The van der Waals surface area contributed by atoms with Crippen LogP contribution in [0.4, 0.5) is 4.39 Å². The number of likely N-dealkylation sites (N-methyl/N-ethyl adjacent to an activating group) is 1. The van der Waals surface area contributed by atoms with E-state index in [9.17, 15) is 4.39 Å². The maximum atomic E-state index is 13.7. The molecule has 1 rings (SSSR count). The monoisotopic (exact) mass is 257 g/mol. The van der Waals surface area contributed by atoms with E-state index < -0.39 is 0 Å². The third-order valence-electron chi connectivity index (χ3n) is 2.93. The highest BCUT2D eigenvalue weighted by Gasteiger charge is 2.24. The predicted octanol–water partition coefficient (Wildman–Crippen LogP) is 4.05. The molecule has 96 valence electrons. The molecule has 0 saturated heterocycles.